The Morgan fingerprint density at radius 2 is 1.84 bits per heavy atom. The van der Waals surface area contributed by atoms with Crippen molar-refractivity contribution in [2.75, 3.05) is 31.6 Å². The Morgan fingerprint density at radius 1 is 1.16 bits per heavy atom. The van der Waals surface area contributed by atoms with E-state index in [2.05, 4.69) is 4.98 Å². The lowest BCUT2D eigenvalue weighted by atomic mass is 9.77. The van der Waals surface area contributed by atoms with Crippen LogP contribution < -0.4 is 15.4 Å². The Kier molecular flexibility index (Phi) is 5.94. The summed E-state index contributed by atoms with van der Waals surface area (Å²) in [6, 6.07) is 8.95. The minimum Gasteiger partial charge on any atom is -0.496 e. The number of aromatic nitrogens is 1. The lowest BCUT2D eigenvalue weighted by Crippen LogP contribution is -2.46. The van der Waals surface area contributed by atoms with Gasteiger partial charge in [-0.2, -0.15) is 0 Å². The van der Waals surface area contributed by atoms with Crippen LogP contribution in [-0.4, -0.2) is 54.7 Å². The number of methoxy groups -OCH3 is 1. The predicted molar refractivity (Wildman–Crippen MR) is 123 cm³/mol. The number of ether oxygens (including phenoxy) is 1. The van der Waals surface area contributed by atoms with Crippen LogP contribution in [0.15, 0.2) is 48.9 Å². The summed E-state index contributed by atoms with van der Waals surface area (Å²) in [6.45, 7) is 1.75. The summed E-state index contributed by atoms with van der Waals surface area (Å²) >= 11 is 0. The number of amides is 2. The molecule has 0 aliphatic carbocycles. The normalized spacial score (nSPS) is 18.2. The predicted octanol–water partition coefficient (Wildman–Crippen LogP) is 2.70. The molecular weight excluding hydrogens is 406 g/mol. The topological polar surface area (TPSA) is 113 Å². The van der Waals surface area contributed by atoms with Gasteiger partial charge in [0.2, 0.25) is 5.91 Å². The summed E-state index contributed by atoms with van der Waals surface area (Å²) in [6.07, 6.45) is 7.85. The first-order valence-corrected chi connectivity index (χ1v) is 10.6. The highest BCUT2D eigenvalue weighted by atomic mass is 16.5. The molecule has 2 amide bonds. The molecule has 166 valence electrons. The molecule has 0 saturated carbocycles. The number of benzene rings is 1. The summed E-state index contributed by atoms with van der Waals surface area (Å²) in [5.74, 6) is 0.652. The van der Waals surface area contributed by atoms with Crippen LogP contribution in [0.1, 0.15) is 35.2 Å². The monoisotopic (exact) mass is 433 g/mol. The van der Waals surface area contributed by atoms with Gasteiger partial charge in [0.1, 0.15) is 5.75 Å². The zero-order valence-electron chi connectivity index (χ0n) is 18.1. The maximum Gasteiger partial charge on any atom is 0.253 e. The van der Waals surface area contributed by atoms with Gasteiger partial charge in [0, 0.05) is 72.9 Å². The van der Waals surface area contributed by atoms with Gasteiger partial charge in [0.05, 0.1) is 12.5 Å². The lowest BCUT2D eigenvalue weighted by molar-refractivity contribution is -0.127. The van der Waals surface area contributed by atoms with E-state index < -0.39 is 5.41 Å². The molecule has 2 fully saturated rings. The van der Waals surface area contributed by atoms with Crippen molar-refractivity contribution in [1.29, 1.82) is 5.41 Å². The van der Waals surface area contributed by atoms with Crippen LogP contribution >= 0.6 is 0 Å². The van der Waals surface area contributed by atoms with Crippen molar-refractivity contribution in [3.05, 3.63) is 60.1 Å². The van der Waals surface area contributed by atoms with Crippen LogP contribution in [-0.2, 0) is 4.79 Å². The van der Waals surface area contributed by atoms with Crippen LogP contribution in [0.25, 0.3) is 5.57 Å². The van der Waals surface area contributed by atoms with E-state index >= 15 is 0 Å². The van der Waals surface area contributed by atoms with Gasteiger partial charge < -0.3 is 25.7 Å². The van der Waals surface area contributed by atoms with Gasteiger partial charge in [0.25, 0.3) is 5.91 Å². The number of carbonyl (C=O) groups excluding carboxylic acids is 2. The van der Waals surface area contributed by atoms with E-state index in [4.69, 9.17) is 15.9 Å². The molecule has 3 heterocycles. The van der Waals surface area contributed by atoms with Gasteiger partial charge in [-0.3, -0.25) is 14.6 Å². The quantitative estimate of drug-likeness (QED) is 0.704. The third-order valence-electron chi connectivity index (χ3n) is 6.59. The second-order valence-electron chi connectivity index (χ2n) is 8.17. The van der Waals surface area contributed by atoms with Crippen LogP contribution in [0.4, 0.5) is 5.69 Å². The van der Waals surface area contributed by atoms with E-state index in [1.54, 1.807) is 31.6 Å². The molecule has 8 heteroatoms. The van der Waals surface area contributed by atoms with Gasteiger partial charge in [0.15, 0.2) is 0 Å². The molecule has 2 saturated heterocycles. The first-order valence-electron chi connectivity index (χ1n) is 10.6. The molecule has 8 nitrogen and oxygen atoms in total. The number of rotatable bonds is 5. The standard InChI is InChI=1S/C24H27N5O3/c1-32-21-14-19(2-3-20(21)18(15-25)16-26)29-13-8-24(23(29)31)6-11-28(12-7-24)22(30)17-4-9-27-10-5-17/h2-5,9-10,14-16,25H,6-8,11-13,26H2,1H3/b18-16+,25-15?. The average Bonchev–Trinajstić information content (AvgIpc) is 3.16. The molecule has 1 aromatic heterocycles. The third-order valence-corrected chi connectivity index (χ3v) is 6.59. The molecule has 2 aromatic rings. The number of piperidine rings is 1. The van der Waals surface area contributed by atoms with E-state index in [1.165, 1.54) is 12.4 Å². The van der Waals surface area contributed by atoms with Crippen molar-refractivity contribution in [3.63, 3.8) is 0 Å². The molecule has 1 spiro atoms. The van der Waals surface area contributed by atoms with Crippen molar-refractivity contribution in [3.8, 4) is 5.75 Å². The fourth-order valence-corrected chi connectivity index (χ4v) is 4.65. The molecular formula is C24H27N5O3. The Morgan fingerprint density at radius 3 is 2.47 bits per heavy atom. The van der Waals surface area contributed by atoms with E-state index in [0.717, 1.165) is 12.1 Å². The zero-order valence-corrected chi connectivity index (χ0v) is 18.1. The Hall–Kier alpha value is -3.68. The minimum absolute atomic E-state index is 0.0140. The summed E-state index contributed by atoms with van der Waals surface area (Å²) < 4.78 is 5.50. The molecule has 1 aromatic carbocycles. The molecule has 2 aliphatic heterocycles. The van der Waals surface area contributed by atoms with Gasteiger partial charge in [-0.1, -0.05) is 0 Å². The summed E-state index contributed by atoms with van der Waals surface area (Å²) in [5.41, 5.74) is 7.83. The van der Waals surface area contributed by atoms with E-state index in [9.17, 15) is 9.59 Å². The highest BCUT2D eigenvalue weighted by Gasteiger charge is 2.49. The average molecular weight is 434 g/mol. The molecule has 3 N–H and O–H groups in total. The van der Waals surface area contributed by atoms with Gasteiger partial charge >= 0.3 is 0 Å². The molecule has 0 unspecified atom stereocenters. The van der Waals surface area contributed by atoms with Crippen LogP contribution in [0.2, 0.25) is 0 Å². The first kappa shape index (κ1) is 21.5. The number of nitrogens with two attached hydrogens (primary N) is 1. The van der Waals surface area contributed by atoms with E-state index in [0.29, 0.717) is 54.9 Å². The Balaban J connectivity index is 1.49. The van der Waals surface area contributed by atoms with Gasteiger partial charge in [-0.25, -0.2) is 0 Å². The SMILES string of the molecule is COc1cc(N2CCC3(CCN(C(=O)c4ccncc4)CC3)C2=O)ccc1/C(C=N)=C/N. The van der Waals surface area contributed by atoms with Crippen LogP contribution in [0, 0.1) is 10.8 Å². The lowest BCUT2D eigenvalue weighted by Gasteiger charge is -2.38. The molecule has 4 rings (SSSR count). The highest BCUT2D eigenvalue weighted by molar-refractivity contribution is 6.09. The number of nitrogens with zero attached hydrogens (tertiary/aromatic N) is 3. The Labute approximate surface area is 187 Å². The summed E-state index contributed by atoms with van der Waals surface area (Å²) in [7, 11) is 1.56. The number of pyridine rings is 1. The number of likely N-dealkylation sites (tertiary alicyclic amines) is 1. The smallest absolute Gasteiger partial charge is 0.253 e. The maximum atomic E-state index is 13.5. The fraction of sp³-hybridized carbons (Fsp3) is 0.333. The minimum atomic E-state index is -0.432. The number of carbonyl (C=O) groups is 2. The van der Waals surface area contributed by atoms with E-state index in [-0.39, 0.29) is 11.8 Å². The van der Waals surface area contributed by atoms with Crippen LogP contribution in [0.3, 0.4) is 0 Å². The van der Waals surface area contributed by atoms with Crippen molar-refractivity contribution in [1.82, 2.24) is 9.88 Å². The molecule has 0 radical (unpaired) electrons. The fourth-order valence-electron chi connectivity index (χ4n) is 4.65. The molecule has 32 heavy (non-hydrogen) atoms. The van der Waals surface area contributed by atoms with Crippen molar-refractivity contribution < 1.29 is 14.3 Å². The summed E-state index contributed by atoms with van der Waals surface area (Å²) in [4.78, 5) is 33.8. The van der Waals surface area contributed by atoms with Gasteiger partial charge in [-0.05, 0) is 43.5 Å². The number of hydrogen-bond donors (Lipinski definition) is 2. The largest absolute Gasteiger partial charge is 0.496 e. The third kappa shape index (κ3) is 3.72. The maximum absolute atomic E-state index is 13.5. The molecule has 0 bridgehead atoms. The Bertz CT molecular complexity index is 1060. The second-order valence-corrected chi connectivity index (χ2v) is 8.17. The van der Waals surface area contributed by atoms with Gasteiger partial charge in [-0.15, -0.1) is 0 Å². The second kappa shape index (κ2) is 8.82. The van der Waals surface area contributed by atoms with Crippen molar-refractivity contribution in [2.45, 2.75) is 19.3 Å². The highest BCUT2D eigenvalue weighted by Crippen LogP contribution is 2.44. The zero-order chi connectivity index (χ0) is 22.7. The number of nitrogens with one attached hydrogen (secondary N) is 1. The number of hydrogen-bond acceptors (Lipinski definition) is 6. The van der Waals surface area contributed by atoms with Crippen LogP contribution in [0.5, 0.6) is 5.75 Å². The van der Waals surface area contributed by atoms with Crippen molar-refractivity contribution in [2.24, 2.45) is 11.1 Å². The number of allylic oxidation sites excluding steroid dienone is 1. The summed E-state index contributed by atoms with van der Waals surface area (Å²) in [5, 5.41) is 7.53. The molecule has 2 aliphatic rings. The van der Waals surface area contributed by atoms with E-state index in [1.807, 2.05) is 28.0 Å². The number of anilines is 1. The first-order chi connectivity index (χ1) is 15.5. The van der Waals surface area contributed by atoms with Crippen molar-refractivity contribution >= 4 is 29.3 Å². The molecule has 0 atom stereocenters.